The molecule has 0 atom stereocenters. The van der Waals surface area contributed by atoms with E-state index in [-0.39, 0.29) is 44.9 Å². The third kappa shape index (κ3) is 24.1. The first-order valence-electron chi connectivity index (χ1n) is 12.1. The predicted molar refractivity (Wildman–Crippen MR) is 152 cm³/mol. The van der Waals surface area contributed by atoms with E-state index in [0.29, 0.717) is 28.7 Å². The summed E-state index contributed by atoms with van der Waals surface area (Å²) in [6.45, 7) is 27.8. The number of carbonyl (C=O) groups is 5. The fourth-order valence-electron chi connectivity index (χ4n) is 1.90. The van der Waals surface area contributed by atoms with E-state index in [1.54, 1.807) is 38.8 Å². The minimum Gasteiger partial charge on any atom is -0.460 e. The summed E-state index contributed by atoms with van der Waals surface area (Å²) in [5, 5.41) is 8.19. The van der Waals surface area contributed by atoms with Gasteiger partial charge in [-0.25, -0.2) is 19.2 Å². The second-order valence-electron chi connectivity index (χ2n) is 8.01. The summed E-state index contributed by atoms with van der Waals surface area (Å²) in [5.74, 6) is -1.59. The van der Waals surface area contributed by atoms with Gasteiger partial charge in [0, 0.05) is 35.3 Å². The summed E-state index contributed by atoms with van der Waals surface area (Å²) in [6, 6.07) is 0. The lowest BCUT2D eigenvalue weighted by atomic mass is 10.4. The second kappa shape index (κ2) is 25.1. The Balaban J connectivity index is -0.000000468. The van der Waals surface area contributed by atoms with Crippen LogP contribution >= 0.6 is 0 Å². The number of hydrogen-bond acceptors (Lipinski definition) is 10. The van der Waals surface area contributed by atoms with Crippen LogP contribution in [0.25, 0.3) is 0 Å². The quantitative estimate of drug-likeness (QED) is 0.123. The van der Waals surface area contributed by atoms with Gasteiger partial charge in [-0.1, -0.05) is 45.5 Å². The smallest absolute Gasteiger partial charge is 0.333 e. The molecule has 1 aliphatic rings. The van der Waals surface area contributed by atoms with Crippen molar-refractivity contribution in [1.82, 2.24) is 4.90 Å². The van der Waals surface area contributed by atoms with E-state index in [1.807, 2.05) is 0 Å². The number of ether oxygens (including phenoxy) is 4. The van der Waals surface area contributed by atoms with Crippen LogP contribution in [0.3, 0.4) is 0 Å². The Morgan fingerprint density at radius 1 is 0.750 bits per heavy atom. The van der Waals surface area contributed by atoms with Crippen LogP contribution in [0, 0.1) is 0 Å². The van der Waals surface area contributed by atoms with Crippen molar-refractivity contribution in [2.24, 2.45) is 0 Å². The first-order chi connectivity index (χ1) is 18.7. The van der Waals surface area contributed by atoms with Crippen LogP contribution in [0.2, 0.25) is 0 Å². The first-order valence-corrected chi connectivity index (χ1v) is 12.1. The Morgan fingerprint density at radius 2 is 1.12 bits per heavy atom. The molecule has 1 N–H and O–H groups in total. The molecule has 1 heterocycles. The van der Waals surface area contributed by atoms with Gasteiger partial charge >= 0.3 is 23.9 Å². The van der Waals surface area contributed by atoms with Gasteiger partial charge in [-0.3, -0.25) is 4.79 Å². The van der Waals surface area contributed by atoms with Gasteiger partial charge < -0.3 is 29.0 Å². The number of likely N-dealkylation sites (tertiary alicyclic amines) is 1. The highest BCUT2D eigenvalue weighted by Gasteiger charge is 2.16. The molecule has 224 valence electrons. The molecule has 0 radical (unpaired) electrons. The molecular weight excluding hydrogens is 522 g/mol. The highest BCUT2D eigenvalue weighted by molar-refractivity contribution is 5.88. The molecule has 0 bridgehead atoms. The number of amides is 1. The van der Waals surface area contributed by atoms with Gasteiger partial charge in [-0.2, -0.15) is 0 Å². The summed E-state index contributed by atoms with van der Waals surface area (Å²) in [5.41, 5.74) is 1.40. The topological polar surface area (TPSA) is 146 Å². The fraction of sp³-hybridized carbons (Fsp3) is 0.414. The molecule has 11 nitrogen and oxygen atoms in total. The van der Waals surface area contributed by atoms with Crippen molar-refractivity contribution in [2.75, 3.05) is 39.6 Å². The Hall–Kier alpha value is -4.25. The van der Waals surface area contributed by atoms with Crippen molar-refractivity contribution in [1.29, 1.82) is 0 Å². The van der Waals surface area contributed by atoms with Crippen molar-refractivity contribution >= 4 is 29.8 Å². The SMILES string of the molecule is C=C(C)C(=O)OCCO.C=C(C)C(=O)OCCOC(=O)C(=C)C.C=CCOC(=O)C(=C)C.C=CN1CCCC1=O. The van der Waals surface area contributed by atoms with E-state index >= 15 is 0 Å². The summed E-state index contributed by atoms with van der Waals surface area (Å²) < 4.78 is 18.4. The molecule has 0 aromatic carbocycles. The minimum absolute atomic E-state index is 0.0325. The van der Waals surface area contributed by atoms with E-state index in [9.17, 15) is 24.0 Å². The maximum atomic E-state index is 10.8. The Bertz CT molecular complexity index is 905. The molecule has 1 amide bonds. The van der Waals surface area contributed by atoms with Gasteiger partial charge in [0.05, 0.1) is 6.61 Å². The lowest BCUT2D eigenvalue weighted by Crippen LogP contribution is -2.16. The lowest BCUT2D eigenvalue weighted by molar-refractivity contribution is -0.147. The second-order valence-corrected chi connectivity index (χ2v) is 8.01. The van der Waals surface area contributed by atoms with E-state index in [0.717, 1.165) is 13.0 Å². The zero-order valence-corrected chi connectivity index (χ0v) is 24.1. The highest BCUT2D eigenvalue weighted by Crippen LogP contribution is 2.08. The Kier molecular flexibility index (Phi) is 25.2. The number of aliphatic hydroxyl groups is 1. The standard InChI is InChI=1S/C10H14O4.C7H10O2.C6H9NO.C6H10O3/c1-7(2)9(11)13-5-6-14-10(12)8(3)4;1-4-5-9-7(8)6(2)3;1-2-7-5-3-4-6(7)8;1-5(2)6(8)9-4-3-7/h1,3,5-6H2,2,4H3;4H,1-2,5H2,3H3;2H,1,3-5H2;7H,1,3-4H2,2H3. The van der Waals surface area contributed by atoms with Crippen LogP contribution in [0.4, 0.5) is 0 Å². The predicted octanol–water partition coefficient (Wildman–Crippen LogP) is 3.37. The molecule has 1 aliphatic heterocycles. The van der Waals surface area contributed by atoms with Crippen LogP contribution in [0.5, 0.6) is 0 Å². The largest absolute Gasteiger partial charge is 0.460 e. The maximum absolute atomic E-state index is 10.8. The molecule has 1 rings (SSSR count). The van der Waals surface area contributed by atoms with Gasteiger partial charge in [0.2, 0.25) is 5.91 Å². The average Bonchev–Trinajstić information content (AvgIpc) is 3.33. The number of aliphatic hydroxyl groups excluding tert-OH is 1. The van der Waals surface area contributed by atoms with Gasteiger partial charge in [0.1, 0.15) is 26.4 Å². The number of nitrogens with zero attached hydrogens (tertiary/aromatic N) is 1. The van der Waals surface area contributed by atoms with Gasteiger partial charge in [0.15, 0.2) is 0 Å². The molecule has 0 saturated carbocycles. The van der Waals surface area contributed by atoms with E-state index in [2.05, 4.69) is 58.4 Å². The fourth-order valence-corrected chi connectivity index (χ4v) is 1.90. The van der Waals surface area contributed by atoms with Crippen molar-refractivity contribution in [3.8, 4) is 0 Å². The third-order valence-electron chi connectivity index (χ3n) is 3.93. The van der Waals surface area contributed by atoms with E-state index in [4.69, 9.17) is 5.11 Å². The van der Waals surface area contributed by atoms with E-state index in [1.165, 1.54) is 6.08 Å². The molecule has 1 saturated heterocycles. The van der Waals surface area contributed by atoms with Crippen LogP contribution in [-0.4, -0.2) is 79.4 Å². The number of carbonyl (C=O) groups excluding carboxylic acids is 5. The monoisotopic (exact) mass is 565 g/mol. The molecule has 1 fully saturated rings. The lowest BCUT2D eigenvalue weighted by Gasteiger charge is -2.05. The Morgan fingerprint density at radius 3 is 1.38 bits per heavy atom. The number of esters is 4. The molecule has 40 heavy (non-hydrogen) atoms. The minimum atomic E-state index is -0.489. The third-order valence-corrected chi connectivity index (χ3v) is 3.93. The van der Waals surface area contributed by atoms with Crippen molar-refractivity contribution in [3.63, 3.8) is 0 Å². The van der Waals surface area contributed by atoms with E-state index < -0.39 is 17.9 Å². The van der Waals surface area contributed by atoms with Gasteiger partial charge in [-0.05, 0) is 40.3 Å². The van der Waals surface area contributed by atoms with Crippen molar-refractivity contribution < 1.29 is 48.0 Å². The number of hydrogen-bond donors (Lipinski definition) is 1. The molecular formula is C29H43NO10. The zero-order valence-electron chi connectivity index (χ0n) is 24.1. The Labute approximate surface area is 237 Å². The van der Waals surface area contributed by atoms with Crippen LogP contribution in [0.1, 0.15) is 40.5 Å². The molecule has 11 heteroatoms. The van der Waals surface area contributed by atoms with Crippen molar-refractivity contribution in [2.45, 2.75) is 40.5 Å². The highest BCUT2D eigenvalue weighted by atomic mass is 16.6. The normalized spacial score (nSPS) is 10.8. The summed E-state index contributed by atoms with van der Waals surface area (Å²) in [6.07, 6.45) is 4.80. The molecule has 0 aromatic rings. The summed E-state index contributed by atoms with van der Waals surface area (Å²) in [7, 11) is 0. The molecule has 0 aliphatic carbocycles. The summed E-state index contributed by atoms with van der Waals surface area (Å²) >= 11 is 0. The van der Waals surface area contributed by atoms with Crippen molar-refractivity contribution in [3.05, 3.63) is 74.0 Å². The number of rotatable bonds is 12. The molecule has 0 aromatic heterocycles. The summed E-state index contributed by atoms with van der Waals surface area (Å²) in [4.78, 5) is 55.0. The van der Waals surface area contributed by atoms with Crippen LogP contribution in [0.15, 0.2) is 74.0 Å². The van der Waals surface area contributed by atoms with Gasteiger partial charge in [-0.15, -0.1) is 0 Å². The zero-order chi connectivity index (χ0) is 31.7. The van der Waals surface area contributed by atoms with Gasteiger partial charge in [0.25, 0.3) is 0 Å². The maximum Gasteiger partial charge on any atom is 0.333 e. The van der Waals surface area contributed by atoms with Crippen LogP contribution < -0.4 is 0 Å². The first kappa shape index (κ1) is 40.2. The molecule has 0 unspecified atom stereocenters. The molecule has 0 spiro atoms. The van der Waals surface area contributed by atoms with Crippen LogP contribution in [-0.2, 0) is 42.9 Å². The average molecular weight is 566 g/mol.